The SMILES string of the molecule is COCC1CC2(C1)CC1(CCC1)C2. The molecule has 0 bridgehead atoms. The molecule has 0 aliphatic heterocycles. The van der Waals surface area contributed by atoms with E-state index in [-0.39, 0.29) is 0 Å². The Labute approximate surface area is 80.8 Å². The summed E-state index contributed by atoms with van der Waals surface area (Å²) < 4.78 is 5.20. The second-order valence-electron chi connectivity index (χ2n) is 5.94. The molecule has 0 heterocycles. The summed E-state index contributed by atoms with van der Waals surface area (Å²) in [7, 11) is 1.83. The van der Waals surface area contributed by atoms with Crippen molar-refractivity contribution < 1.29 is 4.74 Å². The molecule has 3 aliphatic rings. The van der Waals surface area contributed by atoms with Crippen molar-refractivity contribution in [3.05, 3.63) is 0 Å². The Kier molecular flexibility index (Phi) is 1.59. The summed E-state index contributed by atoms with van der Waals surface area (Å²) in [5.74, 6) is 0.905. The fraction of sp³-hybridized carbons (Fsp3) is 1.00. The summed E-state index contributed by atoms with van der Waals surface area (Å²) in [4.78, 5) is 0. The smallest absolute Gasteiger partial charge is 0.0490 e. The molecule has 1 heteroatoms. The largest absolute Gasteiger partial charge is 0.384 e. The number of methoxy groups -OCH3 is 1. The van der Waals surface area contributed by atoms with Crippen LogP contribution in [0.3, 0.4) is 0 Å². The summed E-state index contributed by atoms with van der Waals surface area (Å²) in [6, 6.07) is 0. The van der Waals surface area contributed by atoms with Crippen LogP contribution in [-0.4, -0.2) is 13.7 Å². The van der Waals surface area contributed by atoms with E-state index in [0.29, 0.717) is 0 Å². The number of rotatable bonds is 2. The Morgan fingerprint density at radius 1 is 1.15 bits per heavy atom. The van der Waals surface area contributed by atoms with E-state index in [1.54, 1.807) is 25.7 Å². The Morgan fingerprint density at radius 3 is 2.31 bits per heavy atom. The third kappa shape index (κ3) is 1.09. The van der Waals surface area contributed by atoms with Crippen molar-refractivity contribution in [2.75, 3.05) is 13.7 Å². The maximum Gasteiger partial charge on any atom is 0.0490 e. The zero-order valence-electron chi connectivity index (χ0n) is 8.64. The number of hydrogen-bond acceptors (Lipinski definition) is 1. The minimum atomic E-state index is 0.823. The molecule has 74 valence electrons. The molecule has 0 aromatic heterocycles. The predicted molar refractivity (Wildman–Crippen MR) is 52.6 cm³/mol. The van der Waals surface area contributed by atoms with E-state index in [4.69, 9.17) is 4.74 Å². The molecule has 0 aromatic rings. The molecule has 0 atom stereocenters. The lowest BCUT2D eigenvalue weighted by Gasteiger charge is -2.67. The van der Waals surface area contributed by atoms with Gasteiger partial charge in [-0.2, -0.15) is 0 Å². The Bertz CT molecular complexity index is 201. The Balaban J connectivity index is 1.49. The maximum atomic E-state index is 5.20. The molecule has 3 aliphatic carbocycles. The summed E-state index contributed by atoms with van der Waals surface area (Å²) >= 11 is 0. The lowest BCUT2D eigenvalue weighted by atomic mass is 9.38. The van der Waals surface area contributed by atoms with Gasteiger partial charge in [0.25, 0.3) is 0 Å². The van der Waals surface area contributed by atoms with Crippen LogP contribution in [0.5, 0.6) is 0 Å². The minimum absolute atomic E-state index is 0.823. The van der Waals surface area contributed by atoms with Crippen molar-refractivity contribution in [3.8, 4) is 0 Å². The van der Waals surface area contributed by atoms with E-state index in [2.05, 4.69) is 0 Å². The highest BCUT2D eigenvalue weighted by Gasteiger charge is 2.61. The molecule has 0 N–H and O–H groups in total. The van der Waals surface area contributed by atoms with E-state index in [0.717, 1.165) is 23.4 Å². The van der Waals surface area contributed by atoms with E-state index in [1.807, 2.05) is 7.11 Å². The van der Waals surface area contributed by atoms with Crippen LogP contribution in [0.1, 0.15) is 44.9 Å². The van der Waals surface area contributed by atoms with Gasteiger partial charge in [0, 0.05) is 13.7 Å². The zero-order chi connectivity index (χ0) is 8.94. The first-order chi connectivity index (χ1) is 6.26. The van der Waals surface area contributed by atoms with Crippen LogP contribution in [-0.2, 0) is 4.74 Å². The van der Waals surface area contributed by atoms with Crippen molar-refractivity contribution in [1.29, 1.82) is 0 Å². The van der Waals surface area contributed by atoms with Crippen LogP contribution in [0.15, 0.2) is 0 Å². The molecule has 0 aromatic carbocycles. The van der Waals surface area contributed by atoms with Gasteiger partial charge in [-0.3, -0.25) is 0 Å². The van der Waals surface area contributed by atoms with Crippen LogP contribution in [0.4, 0.5) is 0 Å². The monoisotopic (exact) mass is 180 g/mol. The predicted octanol–water partition coefficient (Wildman–Crippen LogP) is 2.99. The molecular formula is C12H20O. The molecule has 0 amide bonds. The van der Waals surface area contributed by atoms with Gasteiger partial charge in [-0.15, -0.1) is 0 Å². The van der Waals surface area contributed by atoms with E-state index < -0.39 is 0 Å². The van der Waals surface area contributed by atoms with Crippen molar-refractivity contribution in [2.45, 2.75) is 44.9 Å². The quantitative estimate of drug-likeness (QED) is 0.634. The first-order valence-electron chi connectivity index (χ1n) is 5.75. The van der Waals surface area contributed by atoms with E-state index >= 15 is 0 Å². The lowest BCUT2D eigenvalue weighted by Crippen LogP contribution is -2.56. The molecule has 0 saturated heterocycles. The summed E-state index contributed by atoms with van der Waals surface area (Å²) in [5, 5.41) is 0. The number of ether oxygens (including phenoxy) is 1. The van der Waals surface area contributed by atoms with Crippen LogP contribution in [0.25, 0.3) is 0 Å². The van der Waals surface area contributed by atoms with Crippen LogP contribution >= 0.6 is 0 Å². The molecule has 3 fully saturated rings. The minimum Gasteiger partial charge on any atom is -0.384 e. The molecular weight excluding hydrogens is 160 g/mol. The Morgan fingerprint density at radius 2 is 1.85 bits per heavy atom. The first-order valence-corrected chi connectivity index (χ1v) is 5.75. The standard InChI is InChI=1S/C12H20O/c1-13-7-10-5-12(6-10)8-11(9-12)3-2-4-11/h10H,2-9H2,1H3. The van der Waals surface area contributed by atoms with Gasteiger partial charge < -0.3 is 4.74 Å². The van der Waals surface area contributed by atoms with Crippen molar-refractivity contribution >= 4 is 0 Å². The lowest BCUT2D eigenvalue weighted by molar-refractivity contribution is -0.170. The van der Waals surface area contributed by atoms with E-state index in [1.165, 1.54) is 19.3 Å². The van der Waals surface area contributed by atoms with Gasteiger partial charge in [0.1, 0.15) is 0 Å². The Hall–Kier alpha value is -0.0400. The van der Waals surface area contributed by atoms with Crippen molar-refractivity contribution in [2.24, 2.45) is 16.7 Å². The topological polar surface area (TPSA) is 9.23 Å². The van der Waals surface area contributed by atoms with Gasteiger partial charge in [-0.05, 0) is 55.3 Å². The van der Waals surface area contributed by atoms with Gasteiger partial charge in [-0.25, -0.2) is 0 Å². The average molecular weight is 180 g/mol. The second kappa shape index (κ2) is 2.50. The summed E-state index contributed by atoms with van der Waals surface area (Å²) in [6.45, 7) is 1.01. The average Bonchev–Trinajstić information content (AvgIpc) is 1.87. The van der Waals surface area contributed by atoms with Gasteiger partial charge >= 0.3 is 0 Å². The van der Waals surface area contributed by atoms with E-state index in [9.17, 15) is 0 Å². The normalized spacial score (nSPS) is 33.9. The number of hydrogen-bond donors (Lipinski definition) is 0. The molecule has 0 unspecified atom stereocenters. The van der Waals surface area contributed by atoms with Gasteiger partial charge in [0.2, 0.25) is 0 Å². The van der Waals surface area contributed by atoms with Crippen LogP contribution < -0.4 is 0 Å². The van der Waals surface area contributed by atoms with Crippen LogP contribution in [0, 0.1) is 16.7 Å². The molecule has 1 nitrogen and oxygen atoms in total. The molecule has 2 spiro atoms. The van der Waals surface area contributed by atoms with Gasteiger partial charge in [0.05, 0.1) is 0 Å². The van der Waals surface area contributed by atoms with Crippen LogP contribution in [0.2, 0.25) is 0 Å². The van der Waals surface area contributed by atoms with Crippen molar-refractivity contribution in [3.63, 3.8) is 0 Å². The highest BCUT2D eigenvalue weighted by Crippen LogP contribution is 2.72. The fourth-order valence-corrected chi connectivity index (χ4v) is 4.38. The van der Waals surface area contributed by atoms with Gasteiger partial charge in [0.15, 0.2) is 0 Å². The second-order valence-corrected chi connectivity index (χ2v) is 5.94. The highest BCUT2D eigenvalue weighted by molar-refractivity contribution is 5.11. The third-order valence-electron chi connectivity index (χ3n) is 4.76. The molecule has 3 saturated carbocycles. The third-order valence-corrected chi connectivity index (χ3v) is 4.76. The molecule has 3 rings (SSSR count). The molecule has 13 heavy (non-hydrogen) atoms. The molecule has 0 radical (unpaired) electrons. The van der Waals surface area contributed by atoms with Gasteiger partial charge in [-0.1, -0.05) is 6.42 Å². The maximum absolute atomic E-state index is 5.20. The van der Waals surface area contributed by atoms with Crippen molar-refractivity contribution in [1.82, 2.24) is 0 Å². The first kappa shape index (κ1) is 8.28. The summed E-state index contributed by atoms with van der Waals surface area (Å²) in [5.41, 5.74) is 1.70. The highest BCUT2D eigenvalue weighted by atomic mass is 16.5. The summed E-state index contributed by atoms with van der Waals surface area (Å²) in [6.07, 6.45) is 10.7. The zero-order valence-corrected chi connectivity index (χ0v) is 8.64. The fourth-order valence-electron chi connectivity index (χ4n) is 4.38.